The Bertz CT molecular complexity index is 945. The zero-order chi connectivity index (χ0) is 19.2. The van der Waals surface area contributed by atoms with Crippen LogP contribution < -0.4 is 10.6 Å². The normalized spacial score (nSPS) is 10.4. The number of nitrogens with zero attached hydrogens (tertiary/aromatic N) is 2. The van der Waals surface area contributed by atoms with Crippen LogP contribution in [-0.2, 0) is 4.79 Å². The maximum Gasteiger partial charge on any atom is 0.251 e. The highest BCUT2D eigenvalue weighted by atomic mass is 79.9. The average molecular weight is 449 g/mol. The number of carbonyl (C=O) groups excluding carboxylic acids is 2. The maximum atomic E-state index is 13.0. The van der Waals surface area contributed by atoms with Crippen LogP contribution in [-0.4, -0.2) is 27.7 Å². The van der Waals surface area contributed by atoms with Crippen molar-refractivity contribution < 1.29 is 14.0 Å². The quantitative estimate of drug-likeness (QED) is 0.599. The lowest BCUT2D eigenvalue weighted by molar-refractivity contribution is -0.116. The van der Waals surface area contributed by atoms with Crippen LogP contribution in [0.3, 0.4) is 0 Å². The fourth-order valence-electron chi connectivity index (χ4n) is 2.17. The van der Waals surface area contributed by atoms with Crippen molar-refractivity contribution in [2.24, 2.45) is 0 Å². The Morgan fingerprint density at radius 2 is 1.78 bits per heavy atom. The third kappa shape index (κ3) is 5.41. The molecular weight excluding hydrogens is 435 g/mol. The summed E-state index contributed by atoms with van der Waals surface area (Å²) in [6.45, 7) is 0.199. The van der Waals surface area contributed by atoms with Crippen LogP contribution in [0, 0.1) is 5.82 Å². The van der Waals surface area contributed by atoms with Crippen molar-refractivity contribution in [3.05, 3.63) is 64.4 Å². The van der Waals surface area contributed by atoms with Crippen LogP contribution >= 0.6 is 27.5 Å². The fourth-order valence-corrected chi connectivity index (χ4v) is 3.04. The van der Waals surface area contributed by atoms with Crippen LogP contribution in [0.2, 0.25) is 0 Å². The van der Waals surface area contributed by atoms with Gasteiger partial charge in [-0.05, 0) is 48.5 Å². The smallest absolute Gasteiger partial charge is 0.251 e. The molecule has 0 aliphatic heterocycles. The molecule has 0 aliphatic rings. The SMILES string of the molecule is O=C(CCNC(=O)c1ccc(Br)cc1)Nc1nc(-c2ccc(F)cc2)ns1. The predicted octanol–water partition coefficient (Wildman–Crippen LogP) is 3.87. The molecule has 0 atom stereocenters. The molecule has 0 spiro atoms. The van der Waals surface area contributed by atoms with E-state index in [-0.39, 0.29) is 30.6 Å². The van der Waals surface area contributed by atoms with Gasteiger partial charge >= 0.3 is 0 Å². The van der Waals surface area contributed by atoms with E-state index in [1.165, 1.54) is 12.1 Å². The molecule has 3 rings (SSSR count). The van der Waals surface area contributed by atoms with Crippen molar-refractivity contribution in [2.45, 2.75) is 6.42 Å². The summed E-state index contributed by atoms with van der Waals surface area (Å²) >= 11 is 4.34. The highest BCUT2D eigenvalue weighted by Crippen LogP contribution is 2.21. The Labute approximate surface area is 167 Å². The number of benzene rings is 2. The van der Waals surface area contributed by atoms with Crippen molar-refractivity contribution >= 4 is 44.4 Å². The molecule has 1 heterocycles. The van der Waals surface area contributed by atoms with Crippen LogP contribution in [0.1, 0.15) is 16.8 Å². The van der Waals surface area contributed by atoms with Crippen molar-refractivity contribution in [2.75, 3.05) is 11.9 Å². The van der Waals surface area contributed by atoms with Gasteiger partial charge in [-0.1, -0.05) is 15.9 Å². The predicted molar refractivity (Wildman–Crippen MR) is 105 cm³/mol. The minimum atomic E-state index is -0.340. The molecule has 0 fully saturated rings. The van der Waals surface area contributed by atoms with Gasteiger partial charge < -0.3 is 10.6 Å². The number of amides is 2. The number of rotatable bonds is 6. The molecule has 0 saturated heterocycles. The summed E-state index contributed by atoms with van der Waals surface area (Å²) in [7, 11) is 0. The van der Waals surface area contributed by atoms with Crippen molar-refractivity contribution in [1.29, 1.82) is 0 Å². The standard InChI is InChI=1S/C18H14BrFN4O2S/c19-13-5-1-12(2-6-13)17(26)21-10-9-15(25)22-18-23-16(24-27-18)11-3-7-14(20)8-4-11/h1-8H,9-10H2,(H,21,26)(H,22,23,24,25). The number of carbonyl (C=O) groups is 2. The number of halogens is 2. The molecule has 27 heavy (non-hydrogen) atoms. The minimum Gasteiger partial charge on any atom is -0.352 e. The first-order chi connectivity index (χ1) is 13.0. The largest absolute Gasteiger partial charge is 0.352 e. The van der Waals surface area contributed by atoms with E-state index in [1.54, 1.807) is 36.4 Å². The van der Waals surface area contributed by atoms with Gasteiger partial charge in [-0.25, -0.2) is 4.39 Å². The third-order valence-corrected chi connectivity index (χ3v) is 4.68. The zero-order valence-corrected chi connectivity index (χ0v) is 16.3. The topological polar surface area (TPSA) is 84.0 Å². The van der Waals surface area contributed by atoms with Gasteiger partial charge in [0.2, 0.25) is 11.0 Å². The van der Waals surface area contributed by atoms with E-state index in [1.807, 2.05) is 0 Å². The van der Waals surface area contributed by atoms with E-state index in [0.717, 1.165) is 16.0 Å². The van der Waals surface area contributed by atoms with Gasteiger partial charge in [-0.3, -0.25) is 9.59 Å². The lowest BCUT2D eigenvalue weighted by Crippen LogP contribution is -2.27. The molecule has 2 amide bonds. The van der Waals surface area contributed by atoms with Crippen molar-refractivity contribution in [3.8, 4) is 11.4 Å². The summed E-state index contributed by atoms with van der Waals surface area (Å²) in [6.07, 6.45) is 0.105. The van der Waals surface area contributed by atoms with E-state index in [2.05, 4.69) is 35.9 Å². The number of anilines is 1. The summed E-state index contributed by atoms with van der Waals surface area (Å²) in [5.74, 6) is -0.454. The van der Waals surface area contributed by atoms with E-state index in [9.17, 15) is 14.0 Å². The molecule has 0 unspecified atom stereocenters. The first-order valence-electron chi connectivity index (χ1n) is 7.94. The Morgan fingerprint density at radius 3 is 2.48 bits per heavy atom. The summed E-state index contributed by atoms with van der Waals surface area (Å²) in [5.41, 5.74) is 1.18. The Hall–Kier alpha value is -2.65. The van der Waals surface area contributed by atoms with Crippen LogP contribution in [0.4, 0.5) is 9.52 Å². The lowest BCUT2D eigenvalue weighted by atomic mass is 10.2. The second kappa shape index (κ2) is 8.83. The van der Waals surface area contributed by atoms with Crippen LogP contribution in [0.5, 0.6) is 0 Å². The van der Waals surface area contributed by atoms with Gasteiger partial charge in [-0.15, -0.1) is 0 Å². The number of hydrogen-bond acceptors (Lipinski definition) is 5. The maximum absolute atomic E-state index is 13.0. The highest BCUT2D eigenvalue weighted by molar-refractivity contribution is 9.10. The molecule has 1 aromatic heterocycles. The molecule has 2 N–H and O–H groups in total. The van der Waals surface area contributed by atoms with Gasteiger partial charge in [0.1, 0.15) is 5.82 Å². The van der Waals surface area contributed by atoms with Gasteiger partial charge in [0.05, 0.1) is 0 Å². The molecule has 6 nitrogen and oxygen atoms in total. The molecule has 0 saturated carbocycles. The molecular formula is C18H14BrFN4O2S. The first kappa shape index (κ1) is 19.1. The van der Waals surface area contributed by atoms with Gasteiger partial charge in [-0.2, -0.15) is 9.36 Å². The van der Waals surface area contributed by atoms with Crippen molar-refractivity contribution in [3.63, 3.8) is 0 Å². The molecule has 3 aromatic rings. The summed E-state index contributed by atoms with van der Waals surface area (Å²) in [5, 5.41) is 5.67. The van der Waals surface area contributed by atoms with Gasteiger partial charge in [0, 0.05) is 40.1 Å². The summed E-state index contributed by atoms with van der Waals surface area (Å²) < 4.78 is 18.0. The van der Waals surface area contributed by atoms with Crippen molar-refractivity contribution in [1.82, 2.24) is 14.7 Å². The number of hydrogen-bond donors (Lipinski definition) is 2. The van der Waals surface area contributed by atoms with E-state index in [0.29, 0.717) is 22.1 Å². The van der Waals surface area contributed by atoms with E-state index >= 15 is 0 Å². The van der Waals surface area contributed by atoms with E-state index in [4.69, 9.17) is 0 Å². The molecule has 0 radical (unpaired) electrons. The van der Waals surface area contributed by atoms with Gasteiger partial charge in [0.15, 0.2) is 5.82 Å². The zero-order valence-electron chi connectivity index (χ0n) is 13.9. The summed E-state index contributed by atoms with van der Waals surface area (Å²) in [4.78, 5) is 28.2. The Kier molecular flexibility index (Phi) is 6.25. The molecule has 0 bridgehead atoms. The van der Waals surface area contributed by atoms with Gasteiger partial charge in [0.25, 0.3) is 5.91 Å². The Balaban J connectivity index is 1.47. The number of nitrogens with one attached hydrogen (secondary N) is 2. The summed E-state index contributed by atoms with van der Waals surface area (Å²) in [6, 6.07) is 12.7. The molecule has 9 heteroatoms. The number of aromatic nitrogens is 2. The van der Waals surface area contributed by atoms with E-state index < -0.39 is 0 Å². The minimum absolute atomic E-state index is 0.105. The monoisotopic (exact) mass is 448 g/mol. The molecule has 2 aromatic carbocycles. The van der Waals surface area contributed by atoms with Crippen LogP contribution in [0.15, 0.2) is 53.0 Å². The molecule has 0 aliphatic carbocycles. The molecule has 138 valence electrons. The highest BCUT2D eigenvalue weighted by Gasteiger charge is 2.11. The fraction of sp³-hybridized carbons (Fsp3) is 0.111. The Morgan fingerprint density at radius 1 is 1.07 bits per heavy atom. The third-order valence-electron chi connectivity index (χ3n) is 3.52. The van der Waals surface area contributed by atoms with Crippen LogP contribution in [0.25, 0.3) is 11.4 Å². The first-order valence-corrected chi connectivity index (χ1v) is 9.51. The lowest BCUT2D eigenvalue weighted by Gasteiger charge is -2.05. The second-order valence-corrected chi connectivity index (χ2v) is 7.16. The average Bonchev–Trinajstić information content (AvgIpc) is 3.11. The second-order valence-electron chi connectivity index (χ2n) is 5.49.